The van der Waals surface area contributed by atoms with Gasteiger partial charge in [-0.05, 0) is 25.7 Å². The van der Waals surface area contributed by atoms with Crippen molar-refractivity contribution >= 4 is 15.9 Å². The van der Waals surface area contributed by atoms with E-state index in [0.29, 0.717) is 6.61 Å². The first-order valence-electron chi connectivity index (χ1n) is 4.98. The van der Waals surface area contributed by atoms with Crippen LogP contribution in [0.1, 0.15) is 6.42 Å². The van der Waals surface area contributed by atoms with Gasteiger partial charge in [0.1, 0.15) is 0 Å². The molecule has 1 aliphatic heterocycles. The molecule has 1 aliphatic carbocycles. The van der Waals surface area contributed by atoms with Crippen molar-refractivity contribution in [3.05, 3.63) is 30.0 Å². The first kappa shape index (κ1) is 11.8. The molecule has 0 amide bonds. The molecule has 1 heterocycles. The molecule has 1 saturated carbocycles. The minimum Gasteiger partial charge on any atom is -0.382 e. The van der Waals surface area contributed by atoms with E-state index < -0.39 is 0 Å². The normalized spacial score (nSPS) is 34.8. The highest BCUT2D eigenvalue weighted by Crippen LogP contribution is 2.42. The smallest absolute Gasteiger partial charge is 0.166 e. The van der Waals surface area contributed by atoms with E-state index >= 15 is 0 Å². The third-order valence-corrected chi connectivity index (χ3v) is 3.15. The van der Waals surface area contributed by atoms with E-state index in [1.807, 2.05) is 19.3 Å². The van der Waals surface area contributed by atoms with E-state index in [4.69, 9.17) is 14.2 Å². The summed E-state index contributed by atoms with van der Waals surface area (Å²) in [6.45, 7) is 1.34. The Morgan fingerprint density at radius 1 is 1.53 bits per heavy atom. The lowest BCUT2D eigenvalue weighted by Gasteiger charge is -2.33. The van der Waals surface area contributed by atoms with Gasteiger partial charge in [-0.1, -0.05) is 15.9 Å². The molecule has 2 aliphatic rings. The zero-order chi connectivity index (χ0) is 10.7. The first-order valence-corrected chi connectivity index (χ1v) is 5.77. The quantitative estimate of drug-likeness (QED) is 0.786. The summed E-state index contributed by atoms with van der Waals surface area (Å²) in [6.07, 6.45) is 6.74. The van der Waals surface area contributed by atoms with E-state index in [0.717, 1.165) is 23.8 Å². The van der Waals surface area contributed by atoms with Gasteiger partial charge >= 0.3 is 0 Å². The van der Waals surface area contributed by atoms with Crippen molar-refractivity contribution in [1.82, 2.24) is 0 Å². The second-order valence-electron chi connectivity index (χ2n) is 3.53. The minimum atomic E-state index is -0.261. The number of hydrogen-bond acceptors (Lipinski definition) is 3. The zero-order valence-electron chi connectivity index (χ0n) is 8.61. The maximum atomic E-state index is 5.77. The van der Waals surface area contributed by atoms with Crippen LogP contribution in [0, 0.1) is 30.0 Å². The van der Waals surface area contributed by atoms with Crippen LogP contribution in [0.4, 0.5) is 0 Å². The lowest BCUT2D eigenvalue weighted by Crippen LogP contribution is -2.38. The van der Waals surface area contributed by atoms with E-state index in [9.17, 15) is 0 Å². The molecular formula is C11H14BrO3. The number of halogens is 1. The minimum absolute atomic E-state index is 0.135. The van der Waals surface area contributed by atoms with Gasteiger partial charge in [-0.25, -0.2) is 0 Å². The summed E-state index contributed by atoms with van der Waals surface area (Å²) in [6, 6.07) is 0. The highest BCUT2D eigenvalue weighted by Gasteiger charge is 2.38. The predicted octanol–water partition coefficient (Wildman–Crippen LogP) is 1.89. The Hall–Kier alpha value is 0.360. The SMILES string of the molecule is COC[C@@H]1CCO[C@H]([C]2[CH][CH][CH][C]2Br)O1. The summed E-state index contributed by atoms with van der Waals surface area (Å²) in [5.41, 5.74) is 0. The lowest BCUT2D eigenvalue weighted by molar-refractivity contribution is -0.209. The molecule has 3 nitrogen and oxygen atoms in total. The van der Waals surface area contributed by atoms with Gasteiger partial charge in [0, 0.05) is 7.11 Å². The fourth-order valence-electron chi connectivity index (χ4n) is 1.66. The molecule has 15 heavy (non-hydrogen) atoms. The lowest BCUT2D eigenvalue weighted by atomic mass is 10.1. The molecule has 5 radical (unpaired) electrons. The second kappa shape index (κ2) is 5.62. The third kappa shape index (κ3) is 2.93. The van der Waals surface area contributed by atoms with Gasteiger partial charge in [-0.3, -0.25) is 0 Å². The predicted molar refractivity (Wildman–Crippen MR) is 59.4 cm³/mol. The highest BCUT2D eigenvalue weighted by atomic mass is 79.9. The van der Waals surface area contributed by atoms with Gasteiger partial charge in [-0.15, -0.1) is 0 Å². The Bertz CT molecular complexity index is 198. The standard InChI is InChI=1S/C11H14BrO3/c1-13-7-8-5-6-14-11(15-8)9-3-2-4-10(9)12/h2-4,8,11H,5-7H2,1H3/t8-,11-/m0/s1. The van der Waals surface area contributed by atoms with Crippen LogP contribution in [0.3, 0.4) is 0 Å². The van der Waals surface area contributed by atoms with Gasteiger partial charge < -0.3 is 14.2 Å². The molecule has 0 aromatic carbocycles. The van der Waals surface area contributed by atoms with Crippen LogP contribution in [-0.4, -0.2) is 32.7 Å². The van der Waals surface area contributed by atoms with Crippen LogP contribution in [0.15, 0.2) is 0 Å². The van der Waals surface area contributed by atoms with Crippen LogP contribution in [0.2, 0.25) is 0 Å². The molecule has 1 saturated heterocycles. The van der Waals surface area contributed by atoms with Crippen LogP contribution in [0.25, 0.3) is 0 Å². The van der Waals surface area contributed by atoms with Crippen LogP contribution >= 0.6 is 15.9 Å². The Labute approximate surface area is 99.6 Å². The Kier molecular flexibility index (Phi) is 4.43. The number of ether oxygens (including phenoxy) is 3. The summed E-state index contributed by atoms with van der Waals surface area (Å²) in [5.74, 6) is 1.05. The van der Waals surface area contributed by atoms with Gasteiger partial charge in [0.15, 0.2) is 6.29 Å². The van der Waals surface area contributed by atoms with Crippen LogP contribution in [0.5, 0.6) is 0 Å². The number of hydrogen-bond donors (Lipinski definition) is 0. The van der Waals surface area contributed by atoms with Crippen LogP contribution in [-0.2, 0) is 14.2 Å². The fourth-order valence-corrected chi connectivity index (χ4v) is 2.14. The molecule has 0 N–H and O–H groups in total. The Morgan fingerprint density at radius 2 is 2.40 bits per heavy atom. The molecule has 0 spiro atoms. The topological polar surface area (TPSA) is 27.7 Å². The van der Waals surface area contributed by atoms with E-state index in [-0.39, 0.29) is 12.4 Å². The van der Waals surface area contributed by atoms with Crippen molar-refractivity contribution in [3.8, 4) is 0 Å². The molecule has 83 valence electrons. The van der Waals surface area contributed by atoms with E-state index in [2.05, 4.69) is 15.9 Å². The highest BCUT2D eigenvalue weighted by molar-refractivity contribution is 9.11. The molecule has 2 fully saturated rings. The Balaban J connectivity index is 1.86. The van der Waals surface area contributed by atoms with E-state index in [1.54, 1.807) is 7.11 Å². The third-order valence-electron chi connectivity index (χ3n) is 2.43. The molecular weight excluding hydrogens is 260 g/mol. The summed E-state index contributed by atoms with van der Waals surface area (Å²) in [7, 11) is 1.69. The second-order valence-corrected chi connectivity index (χ2v) is 4.39. The summed E-state index contributed by atoms with van der Waals surface area (Å²) in [4.78, 5) is 1.03. The molecule has 2 atom stereocenters. The van der Waals surface area contributed by atoms with Gasteiger partial charge in [0.05, 0.1) is 30.1 Å². The zero-order valence-corrected chi connectivity index (χ0v) is 10.2. The maximum absolute atomic E-state index is 5.77. The monoisotopic (exact) mass is 273 g/mol. The molecule has 0 aromatic heterocycles. The van der Waals surface area contributed by atoms with Crippen molar-refractivity contribution in [1.29, 1.82) is 0 Å². The van der Waals surface area contributed by atoms with Crippen molar-refractivity contribution in [2.45, 2.75) is 18.8 Å². The number of methoxy groups -OCH3 is 1. The average Bonchev–Trinajstić information content (AvgIpc) is 2.65. The van der Waals surface area contributed by atoms with Crippen molar-refractivity contribution < 1.29 is 14.2 Å². The van der Waals surface area contributed by atoms with Crippen molar-refractivity contribution in [2.24, 2.45) is 0 Å². The van der Waals surface area contributed by atoms with Gasteiger partial charge in [0.2, 0.25) is 0 Å². The first-order chi connectivity index (χ1) is 7.31. The van der Waals surface area contributed by atoms with Gasteiger partial charge in [-0.2, -0.15) is 0 Å². The number of rotatable bonds is 3. The molecule has 4 heteroatoms. The van der Waals surface area contributed by atoms with E-state index in [1.165, 1.54) is 0 Å². The largest absolute Gasteiger partial charge is 0.382 e. The van der Waals surface area contributed by atoms with Crippen LogP contribution < -0.4 is 0 Å². The summed E-state index contributed by atoms with van der Waals surface area (Å²) < 4.78 is 16.4. The van der Waals surface area contributed by atoms with Crippen molar-refractivity contribution in [3.63, 3.8) is 0 Å². The fraction of sp³-hybridized carbons (Fsp3) is 0.545. The molecule has 0 bridgehead atoms. The maximum Gasteiger partial charge on any atom is 0.166 e. The molecule has 0 unspecified atom stereocenters. The summed E-state index contributed by atoms with van der Waals surface area (Å²) >= 11 is 3.47. The molecule has 0 aromatic rings. The summed E-state index contributed by atoms with van der Waals surface area (Å²) in [5, 5.41) is 0. The molecule has 2 rings (SSSR count). The average molecular weight is 274 g/mol. The Morgan fingerprint density at radius 3 is 3.07 bits per heavy atom. The van der Waals surface area contributed by atoms with Gasteiger partial charge in [0.25, 0.3) is 0 Å². The van der Waals surface area contributed by atoms with Crippen molar-refractivity contribution in [2.75, 3.05) is 20.3 Å².